The first-order chi connectivity index (χ1) is 10.3. The maximum Gasteiger partial charge on any atom is 0.262 e. The second kappa shape index (κ2) is 6.22. The quantitative estimate of drug-likeness (QED) is 0.885. The van der Waals surface area contributed by atoms with Crippen LogP contribution in [0.3, 0.4) is 0 Å². The van der Waals surface area contributed by atoms with E-state index in [1.807, 2.05) is 0 Å². The van der Waals surface area contributed by atoms with Gasteiger partial charge in [0.1, 0.15) is 5.56 Å². The van der Waals surface area contributed by atoms with Crippen LogP contribution < -0.4 is 10.1 Å². The van der Waals surface area contributed by atoms with Gasteiger partial charge in [0.25, 0.3) is 5.91 Å². The lowest BCUT2D eigenvalue weighted by Crippen LogP contribution is -2.13. The Morgan fingerprint density at radius 3 is 3.05 bits per heavy atom. The van der Waals surface area contributed by atoms with Gasteiger partial charge in [-0.25, -0.2) is 9.97 Å². The number of hydrogen-bond acceptors (Lipinski definition) is 5. The number of pyridine rings is 1. The van der Waals surface area contributed by atoms with Crippen molar-refractivity contribution < 1.29 is 9.53 Å². The van der Waals surface area contributed by atoms with E-state index in [-0.39, 0.29) is 5.91 Å². The number of methoxy groups -OCH3 is 1. The summed E-state index contributed by atoms with van der Waals surface area (Å²) >= 11 is 1.58. The van der Waals surface area contributed by atoms with E-state index in [4.69, 9.17) is 4.74 Å². The Labute approximate surface area is 127 Å². The van der Waals surface area contributed by atoms with E-state index in [0.29, 0.717) is 16.6 Å². The predicted molar refractivity (Wildman–Crippen MR) is 82.1 cm³/mol. The molecule has 2 aromatic rings. The topological polar surface area (TPSA) is 64.1 Å². The molecule has 1 amide bonds. The summed E-state index contributed by atoms with van der Waals surface area (Å²) in [5.74, 6) is 0.0944. The molecule has 0 radical (unpaired) electrons. The molecule has 5 nitrogen and oxygen atoms in total. The van der Waals surface area contributed by atoms with Gasteiger partial charge >= 0.3 is 0 Å². The Morgan fingerprint density at radius 2 is 2.19 bits per heavy atom. The Kier molecular flexibility index (Phi) is 4.15. The molecule has 6 heteroatoms. The normalized spacial score (nSPS) is 14.1. The number of fused-ring (bicyclic) bond motifs is 1. The lowest BCUT2D eigenvalue weighted by molar-refractivity contribution is 0.102. The molecule has 0 saturated carbocycles. The monoisotopic (exact) mass is 303 g/mol. The summed E-state index contributed by atoms with van der Waals surface area (Å²) in [5.41, 5.74) is 1.57. The van der Waals surface area contributed by atoms with Crippen molar-refractivity contribution in [3.8, 4) is 5.88 Å². The van der Waals surface area contributed by atoms with Crippen LogP contribution in [0.1, 0.15) is 40.2 Å². The first kappa shape index (κ1) is 14.0. The second-order valence-corrected chi connectivity index (χ2v) is 6.05. The number of carbonyl (C=O) groups excluding carboxylic acids is 1. The van der Waals surface area contributed by atoms with Crippen LogP contribution in [-0.4, -0.2) is 23.0 Å². The van der Waals surface area contributed by atoms with Crippen LogP contribution >= 0.6 is 11.3 Å². The first-order valence-electron chi connectivity index (χ1n) is 7.07. The van der Waals surface area contributed by atoms with E-state index in [1.165, 1.54) is 31.2 Å². The molecule has 110 valence electrons. The van der Waals surface area contributed by atoms with Crippen LogP contribution in [0, 0.1) is 0 Å². The summed E-state index contributed by atoms with van der Waals surface area (Å²) in [5, 5.41) is 3.52. The molecular formula is C15H17N3O2S. The zero-order valence-electron chi connectivity index (χ0n) is 11.9. The van der Waals surface area contributed by atoms with E-state index in [2.05, 4.69) is 15.3 Å². The minimum absolute atomic E-state index is 0.233. The average Bonchev–Trinajstić information content (AvgIpc) is 2.75. The molecule has 1 N–H and O–H groups in total. The van der Waals surface area contributed by atoms with Crippen molar-refractivity contribution in [2.45, 2.75) is 32.1 Å². The predicted octanol–water partition coefficient (Wildman–Crippen LogP) is 3.07. The van der Waals surface area contributed by atoms with Crippen molar-refractivity contribution in [1.29, 1.82) is 0 Å². The van der Waals surface area contributed by atoms with Crippen molar-refractivity contribution in [2.24, 2.45) is 0 Å². The Bertz CT molecular complexity index is 631. The van der Waals surface area contributed by atoms with Crippen LogP contribution in [0.5, 0.6) is 5.88 Å². The minimum Gasteiger partial charge on any atom is -0.480 e. The van der Waals surface area contributed by atoms with Gasteiger partial charge < -0.3 is 4.74 Å². The molecule has 21 heavy (non-hydrogen) atoms. The number of aryl methyl sites for hydroxylation is 2. The van der Waals surface area contributed by atoms with E-state index < -0.39 is 0 Å². The maximum atomic E-state index is 12.3. The second-order valence-electron chi connectivity index (χ2n) is 4.96. The van der Waals surface area contributed by atoms with Gasteiger partial charge in [0.05, 0.1) is 12.8 Å². The molecule has 0 fully saturated rings. The average molecular weight is 303 g/mol. The lowest BCUT2D eigenvalue weighted by atomic mass is 10.2. The number of anilines is 1. The molecule has 0 aliphatic heterocycles. The highest BCUT2D eigenvalue weighted by Crippen LogP contribution is 2.29. The maximum absolute atomic E-state index is 12.3. The number of hydrogen-bond donors (Lipinski definition) is 1. The van der Waals surface area contributed by atoms with Crippen molar-refractivity contribution in [1.82, 2.24) is 9.97 Å². The highest BCUT2D eigenvalue weighted by molar-refractivity contribution is 7.15. The number of nitrogens with zero attached hydrogens (tertiary/aromatic N) is 2. The van der Waals surface area contributed by atoms with Crippen molar-refractivity contribution in [3.05, 3.63) is 34.5 Å². The fourth-order valence-electron chi connectivity index (χ4n) is 2.47. The third kappa shape index (κ3) is 3.05. The molecule has 0 bridgehead atoms. The number of aromatic nitrogens is 2. The first-order valence-corrected chi connectivity index (χ1v) is 7.88. The summed E-state index contributed by atoms with van der Waals surface area (Å²) in [7, 11) is 1.50. The van der Waals surface area contributed by atoms with Crippen molar-refractivity contribution in [2.75, 3.05) is 12.4 Å². The van der Waals surface area contributed by atoms with Gasteiger partial charge in [-0.3, -0.25) is 10.1 Å². The SMILES string of the molecule is COc1ncccc1C(=O)Nc1nc2c(s1)CCCCC2. The highest BCUT2D eigenvalue weighted by atomic mass is 32.1. The van der Waals surface area contributed by atoms with E-state index in [9.17, 15) is 4.79 Å². The molecule has 0 spiro atoms. The van der Waals surface area contributed by atoms with Gasteiger partial charge in [-0.05, 0) is 37.8 Å². The number of thiazole rings is 1. The molecule has 0 unspecified atom stereocenters. The third-order valence-corrected chi connectivity index (χ3v) is 4.60. The zero-order chi connectivity index (χ0) is 14.7. The summed E-state index contributed by atoms with van der Waals surface area (Å²) in [6.07, 6.45) is 7.33. The molecule has 0 saturated heterocycles. The highest BCUT2D eigenvalue weighted by Gasteiger charge is 2.18. The van der Waals surface area contributed by atoms with Gasteiger partial charge in [0.15, 0.2) is 5.13 Å². The molecule has 2 heterocycles. The third-order valence-electron chi connectivity index (χ3n) is 3.53. The Hall–Kier alpha value is -1.95. The van der Waals surface area contributed by atoms with E-state index in [1.54, 1.807) is 29.7 Å². The number of amides is 1. The fourth-order valence-corrected chi connectivity index (χ4v) is 3.52. The summed E-state index contributed by atoms with van der Waals surface area (Å²) in [4.78, 5) is 22.2. The molecule has 2 aromatic heterocycles. The molecule has 0 atom stereocenters. The number of carbonyl (C=O) groups is 1. The van der Waals surface area contributed by atoms with Crippen LogP contribution in [0.4, 0.5) is 5.13 Å². The van der Waals surface area contributed by atoms with Crippen LogP contribution in [-0.2, 0) is 12.8 Å². The van der Waals surface area contributed by atoms with Crippen LogP contribution in [0.25, 0.3) is 0 Å². The van der Waals surface area contributed by atoms with Gasteiger partial charge in [-0.1, -0.05) is 6.42 Å². The molecule has 3 rings (SSSR count). The summed E-state index contributed by atoms with van der Waals surface area (Å²) in [6.45, 7) is 0. The van der Waals surface area contributed by atoms with Crippen molar-refractivity contribution >= 4 is 22.4 Å². The number of ether oxygens (including phenoxy) is 1. The molecule has 1 aliphatic rings. The Balaban J connectivity index is 1.79. The number of rotatable bonds is 3. The zero-order valence-corrected chi connectivity index (χ0v) is 12.7. The van der Waals surface area contributed by atoms with Crippen molar-refractivity contribution in [3.63, 3.8) is 0 Å². The smallest absolute Gasteiger partial charge is 0.262 e. The van der Waals surface area contributed by atoms with Gasteiger partial charge in [0, 0.05) is 11.1 Å². The fraction of sp³-hybridized carbons (Fsp3) is 0.400. The molecular weight excluding hydrogens is 286 g/mol. The largest absolute Gasteiger partial charge is 0.480 e. The van der Waals surface area contributed by atoms with Crippen LogP contribution in [0.15, 0.2) is 18.3 Å². The van der Waals surface area contributed by atoms with Gasteiger partial charge in [-0.15, -0.1) is 11.3 Å². The summed E-state index contributed by atoms with van der Waals surface area (Å²) in [6, 6.07) is 3.41. The van der Waals surface area contributed by atoms with Gasteiger partial charge in [0.2, 0.25) is 5.88 Å². The Morgan fingerprint density at radius 1 is 1.33 bits per heavy atom. The van der Waals surface area contributed by atoms with Gasteiger partial charge in [-0.2, -0.15) is 0 Å². The lowest BCUT2D eigenvalue weighted by Gasteiger charge is -2.05. The summed E-state index contributed by atoms with van der Waals surface area (Å²) < 4.78 is 5.11. The molecule has 1 aliphatic carbocycles. The number of nitrogens with one attached hydrogen (secondary N) is 1. The molecule has 0 aromatic carbocycles. The van der Waals surface area contributed by atoms with Crippen LogP contribution in [0.2, 0.25) is 0 Å². The van der Waals surface area contributed by atoms with E-state index in [0.717, 1.165) is 18.5 Å². The standard InChI is InChI=1S/C15H17N3O2S/c1-20-14-10(6-5-9-16-14)13(19)18-15-17-11-7-3-2-4-8-12(11)21-15/h5-6,9H,2-4,7-8H2,1H3,(H,17,18,19). The van der Waals surface area contributed by atoms with E-state index >= 15 is 0 Å². The minimum atomic E-state index is -0.233.